The van der Waals surface area contributed by atoms with Crippen LogP contribution in [-0.4, -0.2) is 34.8 Å². The van der Waals surface area contributed by atoms with E-state index in [1.807, 2.05) is 49.3 Å². The summed E-state index contributed by atoms with van der Waals surface area (Å²) in [5.41, 5.74) is 2.19. The predicted molar refractivity (Wildman–Crippen MR) is 113 cm³/mol. The fourth-order valence-corrected chi connectivity index (χ4v) is 5.47. The average Bonchev–Trinajstić information content (AvgIpc) is 3.10. The van der Waals surface area contributed by atoms with Gasteiger partial charge in [-0.25, -0.2) is 0 Å². The molecule has 1 fully saturated rings. The highest BCUT2D eigenvalue weighted by atomic mass is 32.1. The van der Waals surface area contributed by atoms with Gasteiger partial charge in [0, 0.05) is 28.6 Å². The van der Waals surface area contributed by atoms with E-state index in [0.29, 0.717) is 12.1 Å². The second-order valence-electron chi connectivity index (χ2n) is 8.92. The summed E-state index contributed by atoms with van der Waals surface area (Å²) in [6.45, 7) is 6.65. The smallest absolute Gasteiger partial charge is 0.257 e. The molecule has 1 unspecified atom stereocenters. The summed E-state index contributed by atoms with van der Waals surface area (Å²) >= 11 is 1.57. The largest absolute Gasteiger partial charge is 0.380 e. The second kappa shape index (κ2) is 7.39. The van der Waals surface area contributed by atoms with Crippen LogP contribution in [0.2, 0.25) is 0 Å². The summed E-state index contributed by atoms with van der Waals surface area (Å²) in [5.74, 6) is -0.109. The molecule has 0 saturated heterocycles. The lowest BCUT2D eigenvalue weighted by Crippen LogP contribution is -2.52. The summed E-state index contributed by atoms with van der Waals surface area (Å²) in [7, 11) is 0. The lowest BCUT2D eigenvalue weighted by molar-refractivity contribution is -0.141. The van der Waals surface area contributed by atoms with Crippen molar-refractivity contribution in [2.45, 2.75) is 70.5 Å². The molecule has 1 aromatic rings. The van der Waals surface area contributed by atoms with Crippen LogP contribution in [0.25, 0.3) is 5.70 Å². The number of thiophene rings is 1. The maximum absolute atomic E-state index is 13.7. The fourth-order valence-electron chi connectivity index (χ4n) is 4.48. The van der Waals surface area contributed by atoms with E-state index in [-0.39, 0.29) is 23.4 Å². The van der Waals surface area contributed by atoms with Gasteiger partial charge in [-0.3, -0.25) is 9.59 Å². The molecule has 1 aliphatic carbocycles. The summed E-state index contributed by atoms with van der Waals surface area (Å²) < 4.78 is 0. The van der Waals surface area contributed by atoms with Crippen LogP contribution in [0, 0.1) is 0 Å². The number of nitrogens with zero attached hydrogens (tertiary/aromatic N) is 1. The Morgan fingerprint density at radius 3 is 2.71 bits per heavy atom. The number of amides is 2. The summed E-state index contributed by atoms with van der Waals surface area (Å²) in [4.78, 5) is 30.1. The van der Waals surface area contributed by atoms with Gasteiger partial charge < -0.3 is 15.5 Å². The van der Waals surface area contributed by atoms with E-state index >= 15 is 0 Å². The Balaban J connectivity index is 1.84. The first-order valence-electron chi connectivity index (χ1n) is 10.2. The molecule has 3 heterocycles. The number of nitrogens with one attached hydrogen (secondary N) is 2. The van der Waals surface area contributed by atoms with Gasteiger partial charge in [0.1, 0.15) is 6.04 Å². The van der Waals surface area contributed by atoms with Crippen LogP contribution in [0.3, 0.4) is 0 Å². The zero-order valence-corrected chi connectivity index (χ0v) is 17.7. The van der Waals surface area contributed by atoms with Gasteiger partial charge in [0.25, 0.3) is 5.91 Å². The van der Waals surface area contributed by atoms with Crippen molar-refractivity contribution in [3.05, 3.63) is 39.6 Å². The highest BCUT2D eigenvalue weighted by Crippen LogP contribution is 2.42. The summed E-state index contributed by atoms with van der Waals surface area (Å²) in [5, 5.41) is 8.55. The van der Waals surface area contributed by atoms with Crippen LogP contribution in [0.4, 0.5) is 0 Å². The number of hydrogen-bond donors (Lipinski definition) is 2. The molecule has 150 valence electrons. The number of carbonyl (C=O) groups is 2. The highest BCUT2D eigenvalue weighted by Gasteiger charge is 2.43. The third-order valence-corrected chi connectivity index (χ3v) is 6.59. The van der Waals surface area contributed by atoms with Gasteiger partial charge in [0.2, 0.25) is 5.91 Å². The summed E-state index contributed by atoms with van der Waals surface area (Å²) in [6.07, 6.45) is 9.26. The van der Waals surface area contributed by atoms with Crippen molar-refractivity contribution in [1.82, 2.24) is 15.5 Å². The van der Waals surface area contributed by atoms with Gasteiger partial charge in [0.15, 0.2) is 0 Å². The topological polar surface area (TPSA) is 61.4 Å². The van der Waals surface area contributed by atoms with Gasteiger partial charge in [-0.05, 0) is 51.1 Å². The SMILES string of the molecule is CC(C)(C)NC(=O)C1c2sccc2C2=C(C=CCN2)C(=O)N1C1CCCCC1. The van der Waals surface area contributed by atoms with Crippen molar-refractivity contribution in [3.8, 4) is 0 Å². The van der Waals surface area contributed by atoms with Crippen molar-refractivity contribution in [1.29, 1.82) is 0 Å². The zero-order valence-electron chi connectivity index (χ0n) is 16.9. The third kappa shape index (κ3) is 3.50. The van der Waals surface area contributed by atoms with Gasteiger partial charge >= 0.3 is 0 Å². The van der Waals surface area contributed by atoms with Crippen molar-refractivity contribution in [2.24, 2.45) is 0 Å². The van der Waals surface area contributed by atoms with Crippen LogP contribution in [0.5, 0.6) is 0 Å². The third-order valence-electron chi connectivity index (χ3n) is 5.62. The summed E-state index contributed by atoms with van der Waals surface area (Å²) in [6, 6.07) is 1.57. The molecule has 0 aromatic carbocycles. The molecule has 1 saturated carbocycles. The van der Waals surface area contributed by atoms with Crippen molar-refractivity contribution in [2.75, 3.05) is 6.54 Å². The maximum atomic E-state index is 13.7. The van der Waals surface area contributed by atoms with E-state index in [9.17, 15) is 9.59 Å². The average molecular weight is 400 g/mol. The Morgan fingerprint density at radius 2 is 2.00 bits per heavy atom. The second-order valence-corrected chi connectivity index (χ2v) is 9.86. The highest BCUT2D eigenvalue weighted by molar-refractivity contribution is 7.10. The minimum atomic E-state index is -0.578. The van der Waals surface area contributed by atoms with Crippen LogP contribution < -0.4 is 10.6 Å². The minimum absolute atomic E-state index is 0.0252. The molecule has 3 aliphatic rings. The molecular formula is C22H29N3O2S. The molecule has 6 heteroatoms. The van der Waals surface area contributed by atoms with Crippen molar-refractivity contribution < 1.29 is 9.59 Å². The van der Waals surface area contributed by atoms with Gasteiger partial charge in [-0.2, -0.15) is 0 Å². The molecule has 4 rings (SSSR count). The van der Waals surface area contributed by atoms with E-state index in [4.69, 9.17) is 0 Å². The van der Waals surface area contributed by atoms with E-state index in [2.05, 4.69) is 10.6 Å². The molecule has 1 aromatic heterocycles. The van der Waals surface area contributed by atoms with Gasteiger partial charge in [-0.1, -0.05) is 25.3 Å². The van der Waals surface area contributed by atoms with Crippen LogP contribution in [0.1, 0.15) is 69.4 Å². The van der Waals surface area contributed by atoms with E-state index in [0.717, 1.165) is 41.8 Å². The molecule has 1 atom stereocenters. The number of rotatable bonds is 2. The molecular weight excluding hydrogens is 370 g/mol. The Bertz CT molecular complexity index is 840. The Hall–Kier alpha value is -2.08. The van der Waals surface area contributed by atoms with Crippen LogP contribution in [-0.2, 0) is 9.59 Å². The van der Waals surface area contributed by atoms with Crippen LogP contribution in [0.15, 0.2) is 29.2 Å². The number of fused-ring (bicyclic) bond motifs is 2. The number of hydrogen-bond acceptors (Lipinski definition) is 4. The maximum Gasteiger partial charge on any atom is 0.257 e. The first-order chi connectivity index (χ1) is 13.4. The molecule has 2 N–H and O–H groups in total. The molecule has 2 aliphatic heterocycles. The number of carbonyl (C=O) groups excluding carboxylic acids is 2. The molecule has 0 radical (unpaired) electrons. The first kappa shape index (κ1) is 19.2. The Labute approximate surface area is 170 Å². The Morgan fingerprint density at radius 1 is 1.25 bits per heavy atom. The van der Waals surface area contributed by atoms with Gasteiger partial charge in [0.05, 0.1) is 11.3 Å². The minimum Gasteiger partial charge on any atom is -0.380 e. The van der Waals surface area contributed by atoms with E-state index in [1.165, 1.54) is 6.42 Å². The molecule has 0 spiro atoms. The standard InChI is InChI=1S/C22H29N3O2S/c1-22(2,3)24-20(26)18-19-15(11-13-28-19)17-16(10-7-12-23-17)21(27)25(18)14-8-5-4-6-9-14/h7,10-11,13-14,18,23H,4-6,8-9,12H2,1-3H3,(H,24,26). The lowest BCUT2D eigenvalue weighted by atomic mass is 9.92. The fraction of sp³-hybridized carbons (Fsp3) is 0.545. The normalized spacial score (nSPS) is 23.0. The van der Waals surface area contributed by atoms with Crippen LogP contribution >= 0.6 is 11.3 Å². The van der Waals surface area contributed by atoms with E-state index in [1.54, 1.807) is 11.3 Å². The molecule has 5 nitrogen and oxygen atoms in total. The lowest BCUT2D eigenvalue weighted by Gasteiger charge is -2.39. The monoisotopic (exact) mass is 399 g/mol. The molecule has 28 heavy (non-hydrogen) atoms. The van der Waals surface area contributed by atoms with E-state index < -0.39 is 6.04 Å². The number of dihydropyridines is 1. The van der Waals surface area contributed by atoms with Crippen molar-refractivity contribution in [3.63, 3.8) is 0 Å². The molecule has 2 amide bonds. The zero-order chi connectivity index (χ0) is 19.9. The Kier molecular flexibility index (Phi) is 5.08. The first-order valence-corrected chi connectivity index (χ1v) is 11.1. The predicted octanol–water partition coefficient (Wildman–Crippen LogP) is 3.75. The van der Waals surface area contributed by atoms with Gasteiger partial charge in [-0.15, -0.1) is 11.3 Å². The molecule has 0 bridgehead atoms. The quantitative estimate of drug-likeness (QED) is 0.796. The van der Waals surface area contributed by atoms with Crippen molar-refractivity contribution >= 4 is 28.8 Å².